The maximum Gasteiger partial charge on any atom is 0.0729 e. The highest BCUT2D eigenvalue weighted by atomic mass is 15.1. The third-order valence-corrected chi connectivity index (χ3v) is 4.95. The molecule has 3 aromatic carbocycles. The molecule has 4 rings (SSSR count). The smallest absolute Gasteiger partial charge is 0.0729 e. The molecule has 30 heavy (non-hydrogen) atoms. The highest BCUT2D eigenvalue weighted by molar-refractivity contribution is 6.01. The van der Waals surface area contributed by atoms with Crippen LogP contribution in [-0.2, 0) is 0 Å². The normalized spacial score (nSPS) is 11.5. The van der Waals surface area contributed by atoms with Gasteiger partial charge in [0.25, 0.3) is 0 Å². The van der Waals surface area contributed by atoms with Crippen molar-refractivity contribution in [1.29, 1.82) is 0 Å². The van der Waals surface area contributed by atoms with E-state index in [0.717, 1.165) is 33.8 Å². The fourth-order valence-electron chi connectivity index (χ4n) is 3.41. The summed E-state index contributed by atoms with van der Waals surface area (Å²) in [7, 11) is 4.10. The van der Waals surface area contributed by atoms with Gasteiger partial charge in [-0.05, 0) is 47.5 Å². The van der Waals surface area contributed by atoms with Crippen LogP contribution in [0, 0.1) is 0 Å². The summed E-state index contributed by atoms with van der Waals surface area (Å²) in [6.45, 7) is 0. The first-order valence-corrected chi connectivity index (χ1v) is 10.0. The fourth-order valence-corrected chi connectivity index (χ4v) is 3.41. The number of hydrogen-bond donors (Lipinski definition) is 1. The number of benzene rings is 3. The van der Waals surface area contributed by atoms with Crippen molar-refractivity contribution in [3.63, 3.8) is 0 Å². The van der Waals surface area contributed by atoms with Crippen molar-refractivity contribution in [1.82, 2.24) is 4.98 Å². The molecule has 3 nitrogen and oxygen atoms in total. The highest BCUT2D eigenvalue weighted by Crippen LogP contribution is 2.32. The molecule has 4 aromatic rings. The molecule has 0 radical (unpaired) electrons. The Bertz CT molecular complexity index is 1060. The fraction of sp³-hybridized carbons (Fsp3) is 0.0741. The van der Waals surface area contributed by atoms with Crippen LogP contribution >= 0.6 is 0 Å². The maximum atomic E-state index is 4.68. The molecule has 0 spiro atoms. The van der Waals surface area contributed by atoms with Gasteiger partial charge in [-0.15, -0.1) is 0 Å². The largest absolute Gasteiger partial charge is 0.378 e. The molecule has 0 bridgehead atoms. The Labute approximate surface area is 178 Å². The first kappa shape index (κ1) is 19.5. The molecule has 0 saturated carbocycles. The number of nitrogens with zero attached hydrogens (tertiary/aromatic N) is 2. The number of aromatic nitrogens is 1. The Kier molecular flexibility index (Phi) is 5.90. The van der Waals surface area contributed by atoms with Gasteiger partial charge in [0.05, 0.1) is 11.4 Å². The van der Waals surface area contributed by atoms with E-state index >= 15 is 0 Å². The third-order valence-electron chi connectivity index (χ3n) is 4.95. The number of pyridine rings is 1. The van der Waals surface area contributed by atoms with E-state index < -0.39 is 0 Å². The molecular weight excluding hydrogens is 366 g/mol. The molecule has 0 aliphatic rings. The van der Waals surface area contributed by atoms with E-state index in [-0.39, 0.29) is 0 Å². The van der Waals surface area contributed by atoms with E-state index in [1.54, 1.807) is 0 Å². The lowest BCUT2D eigenvalue weighted by Gasteiger charge is -2.19. The van der Waals surface area contributed by atoms with Crippen molar-refractivity contribution < 1.29 is 0 Å². The van der Waals surface area contributed by atoms with E-state index in [2.05, 4.69) is 94.1 Å². The second-order valence-corrected chi connectivity index (χ2v) is 7.26. The summed E-state index contributed by atoms with van der Waals surface area (Å²) in [6.07, 6.45) is 1.84. The second kappa shape index (κ2) is 9.10. The molecule has 1 heterocycles. The number of nitrogens with one attached hydrogen (secondary N) is 1. The molecule has 1 aromatic heterocycles. The van der Waals surface area contributed by atoms with E-state index in [4.69, 9.17) is 0 Å². The summed E-state index contributed by atoms with van der Waals surface area (Å²) in [5.41, 5.74) is 7.45. The first-order chi connectivity index (χ1) is 14.7. The number of rotatable bonds is 6. The van der Waals surface area contributed by atoms with Gasteiger partial charge < -0.3 is 10.2 Å². The van der Waals surface area contributed by atoms with Crippen molar-refractivity contribution in [2.45, 2.75) is 0 Å². The van der Waals surface area contributed by atoms with Crippen LogP contribution in [0.2, 0.25) is 0 Å². The molecule has 0 aliphatic heterocycles. The second-order valence-electron chi connectivity index (χ2n) is 7.26. The summed E-state index contributed by atoms with van der Waals surface area (Å²) in [6, 6.07) is 35.3. The summed E-state index contributed by atoms with van der Waals surface area (Å²) in [5.74, 6) is 0. The van der Waals surface area contributed by atoms with E-state index in [0.29, 0.717) is 0 Å². The molecular formula is C27H25N3. The van der Waals surface area contributed by atoms with E-state index in [9.17, 15) is 0 Å². The van der Waals surface area contributed by atoms with Crippen molar-refractivity contribution in [3.8, 4) is 0 Å². The average Bonchev–Trinajstić information content (AvgIpc) is 2.81. The van der Waals surface area contributed by atoms with Gasteiger partial charge in [-0.2, -0.15) is 0 Å². The van der Waals surface area contributed by atoms with Gasteiger partial charge in [-0.3, -0.25) is 4.98 Å². The highest BCUT2D eigenvalue weighted by Gasteiger charge is 2.15. The van der Waals surface area contributed by atoms with Gasteiger partial charge in [0.1, 0.15) is 0 Å². The Morgan fingerprint density at radius 1 is 0.667 bits per heavy atom. The van der Waals surface area contributed by atoms with Crippen molar-refractivity contribution in [2.24, 2.45) is 0 Å². The molecule has 0 aliphatic carbocycles. The standard InChI is InChI=1S/C27H25N3/c1-30(2)24-18-16-23(17-19-24)29-27(22-13-7-4-8-14-22)26(21-11-5-3-6-12-21)25-15-9-10-20-28-25/h3-20,29H,1-2H3/b27-26-. The Morgan fingerprint density at radius 3 is 1.83 bits per heavy atom. The minimum absolute atomic E-state index is 0.931. The van der Waals surface area contributed by atoms with Gasteiger partial charge >= 0.3 is 0 Å². The lowest BCUT2D eigenvalue weighted by Crippen LogP contribution is -2.09. The quantitative estimate of drug-likeness (QED) is 0.398. The van der Waals surface area contributed by atoms with Crippen LogP contribution in [0.25, 0.3) is 11.3 Å². The van der Waals surface area contributed by atoms with Crippen LogP contribution in [0.5, 0.6) is 0 Å². The van der Waals surface area contributed by atoms with Crippen LogP contribution in [0.15, 0.2) is 109 Å². The monoisotopic (exact) mass is 391 g/mol. The van der Waals surface area contributed by atoms with Gasteiger partial charge in [0, 0.05) is 37.2 Å². The van der Waals surface area contributed by atoms with Gasteiger partial charge in [-0.1, -0.05) is 66.7 Å². The number of anilines is 2. The van der Waals surface area contributed by atoms with Crippen LogP contribution in [0.3, 0.4) is 0 Å². The van der Waals surface area contributed by atoms with E-state index in [1.807, 2.05) is 44.6 Å². The van der Waals surface area contributed by atoms with Crippen molar-refractivity contribution >= 4 is 22.6 Å². The molecule has 0 amide bonds. The van der Waals surface area contributed by atoms with Crippen LogP contribution < -0.4 is 10.2 Å². The first-order valence-electron chi connectivity index (χ1n) is 10.0. The average molecular weight is 392 g/mol. The summed E-state index contributed by atoms with van der Waals surface area (Å²) in [4.78, 5) is 6.77. The molecule has 0 saturated heterocycles. The molecule has 0 unspecified atom stereocenters. The van der Waals surface area contributed by atoms with Gasteiger partial charge in [0.2, 0.25) is 0 Å². The SMILES string of the molecule is CN(C)c1ccc(N/C(=C(/c2ccccc2)c2ccccn2)c2ccccc2)cc1. The molecule has 3 heteroatoms. The molecule has 148 valence electrons. The summed E-state index contributed by atoms with van der Waals surface area (Å²) in [5, 5.41) is 3.68. The zero-order valence-electron chi connectivity index (χ0n) is 17.3. The lowest BCUT2D eigenvalue weighted by molar-refractivity contribution is 1.13. The predicted molar refractivity (Wildman–Crippen MR) is 127 cm³/mol. The third kappa shape index (κ3) is 4.41. The maximum absolute atomic E-state index is 4.68. The molecule has 1 N–H and O–H groups in total. The topological polar surface area (TPSA) is 28.2 Å². The Balaban J connectivity index is 1.90. The Hall–Kier alpha value is -3.85. The lowest BCUT2D eigenvalue weighted by atomic mass is 9.96. The minimum atomic E-state index is 0.931. The van der Waals surface area contributed by atoms with Crippen LogP contribution in [0.4, 0.5) is 11.4 Å². The van der Waals surface area contributed by atoms with E-state index in [1.165, 1.54) is 5.69 Å². The molecule has 0 fully saturated rings. The van der Waals surface area contributed by atoms with Gasteiger partial charge in [0.15, 0.2) is 0 Å². The predicted octanol–water partition coefficient (Wildman–Crippen LogP) is 6.18. The molecule has 0 atom stereocenters. The zero-order valence-corrected chi connectivity index (χ0v) is 17.3. The zero-order chi connectivity index (χ0) is 20.8. The summed E-state index contributed by atoms with van der Waals surface area (Å²) >= 11 is 0. The van der Waals surface area contributed by atoms with Crippen molar-refractivity contribution in [3.05, 3.63) is 126 Å². The number of hydrogen-bond acceptors (Lipinski definition) is 3. The Morgan fingerprint density at radius 2 is 1.27 bits per heavy atom. The van der Waals surface area contributed by atoms with Crippen LogP contribution in [-0.4, -0.2) is 19.1 Å². The van der Waals surface area contributed by atoms with Crippen LogP contribution in [0.1, 0.15) is 16.8 Å². The van der Waals surface area contributed by atoms with Gasteiger partial charge in [-0.25, -0.2) is 0 Å². The summed E-state index contributed by atoms with van der Waals surface area (Å²) < 4.78 is 0. The minimum Gasteiger partial charge on any atom is -0.378 e. The van der Waals surface area contributed by atoms with Crippen molar-refractivity contribution in [2.75, 3.05) is 24.3 Å².